The fraction of sp³-hybridized carbons (Fsp3) is 0.167. The SMILES string of the molecule is Cc1ccc(S(=O)(=O)NCC(=O)ON2C(=O)c3ccccc3C2=O)cc1C. The zero-order chi connectivity index (χ0) is 19.8. The van der Waals surface area contributed by atoms with Gasteiger partial charge in [-0.05, 0) is 49.2 Å². The number of carbonyl (C=O) groups is 3. The fourth-order valence-corrected chi connectivity index (χ4v) is 3.56. The molecule has 2 aromatic carbocycles. The molecule has 2 aromatic rings. The summed E-state index contributed by atoms with van der Waals surface area (Å²) in [6, 6.07) is 10.6. The minimum Gasteiger partial charge on any atom is -0.328 e. The lowest BCUT2D eigenvalue weighted by Gasteiger charge is -2.13. The number of sulfonamides is 1. The molecule has 3 rings (SSSR count). The average Bonchev–Trinajstić information content (AvgIpc) is 2.87. The van der Waals surface area contributed by atoms with Crippen molar-refractivity contribution in [2.75, 3.05) is 6.54 Å². The largest absolute Gasteiger partial charge is 0.347 e. The smallest absolute Gasteiger partial charge is 0.328 e. The first-order valence-electron chi connectivity index (χ1n) is 7.96. The van der Waals surface area contributed by atoms with E-state index in [9.17, 15) is 22.8 Å². The maximum atomic E-state index is 12.3. The summed E-state index contributed by atoms with van der Waals surface area (Å²) < 4.78 is 26.7. The third-order valence-corrected chi connectivity index (χ3v) is 5.54. The van der Waals surface area contributed by atoms with Crippen LogP contribution in [0.1, 0.15) is 31.8 Å². The Morgan fingerprint density at radius 3 is 2.15 bits per heavy atom. The number of amides is 2. The van der Waals surface area contributed by atoms with E-state index in [1.807, 2.05) is 6.92 Å². The molecule has 1 aliphatic heterocycles. The highest BCUT2D eigenvalue weighted by Gasteiger charge is 2.38. The maximum absolute atomic E-state index is 12.3. The predicted octanol–water partition coefficient (Wildman–Crippen LogP) is 1.34. The molecular weight excluding hydrogens is 372 g/mol. The molecule has 1 N–H and O–H groups in total. The van der Waals surface area contributed by atoms with Crippen LogP contribution in [0.4, 0.5) is 0 Å². The Morgan fingerprint density at radius 1 is 1.00 bits per heavy atom. The Labute approximate surface area is 155 Å². The number of fused-ring (bicyclic) bond motifs is 1. The topological polar surface area (TPSA) is 110 Å². The van der Waals surface area contributed by atoms with Crippen molar-refractivity contribution < 1.29 is 27.6 Å². The zero-order valence-corrected chi connectivity index (χ0v) is 15.4. The van der Waals surface area contributed by atoms with Crippen LogP contribution >= 0.6 is 0 Å². The number of hydrogen-bond donors (Lipinski definition) is 1. The summed E-state index contributed by atoms with van der Waals surface area (Å²) in [5.41, 5.74) is 1.95. The normalized spacial score (nSPS) is 13.6. The van der Waals surface area contributed by atoms with Crippen molar-refractivity contribution in [1.82, 2.24) is 9.79 Å². The number of aryl methyl sites for hydroxylation is 2. The average molecular weight is 388 g/mol. The molecule has 1 aliphatic rings. The van der Waals surface area contributed by atoms with Crippen LogP contribution in [0.25, 0.3) is 0 Å². The minimum atomic E-state index is -3.95. The Hall–Kier alpha value is -3.04. The van der Waals surface area contributed by atoms with Gasteiger partial charge in [-0.2, -0.15) is 4.72 Å². The highest BCUT2D eigenvalue weighted by Crippen LogP contribution is 2.22. The van der Waals surface area contributed by atoms with Gasteiger partial charge in [0.05, 0.1) is 16.0 Å². The molecule has 140 valence electrons. The molecule has 8 nitrogen and oxygen atoms in total. The van der Waals surface area contributed by atoms with Gasteiger partial charge in [0.25, 0.3) is 11.8 Å². The highest BCUT2D eigenvalue weighted by atomic mass is 32.2. The van der Waals surface area contributed by atoms with Gasteiger partial charge in [-0.3, -0.25) is 9.59 Å². The van der Waals surface area contributed by atoms with Gasteiger partial charge >= 0.3 is 5.97 Å². The van der Waals surface area contributed by atoms with Gasteiger partial charge < -0.3 is 4.84 Å². The van der Waals surface area contributed by atoms with E-state index in [1.54, 1.807) is 25.1 Å². The number of carbonyl (C=O) groups excluding carboxylic acids is 3. The third kappa shape index (κ3) is 3.60. The second-order valence-corrected chi connectivity index (χ2v) is 7.75. The van der Waals surface area contributed by atoms with Crippen molar-refractivity contribution in [1.29, 1.82) is 0 Å². The maximum Gasteiger partial charge on any atom is 0.347 e. The molecule has 0 spiro atoms. The van der Waals surface area contributed by atoms with E-state index < -0.39 is 34.4 Å². The summed E-state index contributed by atoms with van der Waals surface area (Å²) in [6.45, 7) is 2.88. The van der Waals surface area contributed by atoms with Crippen molar-refractivity contribution in [3.63, 3.8) is 0 Å². The number of nitrogens with zero attached hydrogens (tertiary/aromatic N) is 1. The minimum absolute atomic E-state index is 0.000805. The van der Waals surface area contributed by atoms with Crippen LogP contribution in [0, 0.1) is 13.8 Å². The van der Waals surface area contributed by atoms with Gasteiger partial charge in [-0.1, -0.05) is 23.3 Å². The Morgan fingerprint density at radius 2 is 1.59 bits per heavy atom. The van der Waals surface area contributed by atoms with Crippen LogP contribution in [0.5, 0.6) is 0 Å². The van der Waals surface area contributed by atoms with Crippen LogP contribution in [0.15, 0.2) is 47.4 Å². The number of hydrogen-bond acceptors (Lipinski definition) is 6. The van der Waals surface area contributed by atoms with E-state index in [0.29, 0.717) is 5.06 Å². The number of nitrogens with one attached hydrogen (secondary N) is 1. The Balaban J connectivity index is 1.66. The van der Waals surface area contributed by atoms with Crippen molar-refractivity contribution in [3.05, 3.63) is 64.7 Å². The van der Waals surface area contributed by atoms with E-state index in [-0.39, 0.29) is 16.0 Å². The lowest BCUT2D eigenvalue weighted by Crippen LogP contribution is -2.38. The molecule has 0 aromatic heterocycles. The Kier molecular flexibility index (Phi) is 4.81. The van der Waals surface area contributed by atoms with Gasteiger partial charge in [0, 0.05) is 0 Å². The van der Waals surface area contributed by atoms with Crippen LogP contribution < -0.4 is 4.72 Å². The van der Waals surface area contributed by atoms with Gasteiger partial charge in [-0.25, -0.2) is 13.2 Å². The zero-order valence-electron chi connectivity index (χ0n) is 14.6. The van der Waals surface area contributed by atoms with Crippen LogP contribution in [-0.4, -0.2) is 37.8 Å². The van der Waals surface area contributed by atoms with E-state index in [0.717, 1.165) is 11.1 Å². The second-order valence-electron chi connectivity index (χ2n) is 5.98. The molecule has 0 unspecified atom stereocenters. The number of rotatable bonds is 5. The van der Waals surface area contributed by atoms with Gasteiger partial charge in [0.1, 0.15) is 6.54 Å². The van der Waals surface area contributed by atoms with Gasteiger partial charge in [0.15, 0.2) is 0 Å². The number of hydroxylamine groups is 2. The second kappa shape index (κ2) is 6.93. The first-order chi connectivity index (χ1) is 12.7. The lowest BCUT2D eigenvalue weighted by atomic mass is 10.1. The molecule has 2 amide bonds. The summed E-state index contributed by atoms with van der Waals surface area (Å²) in [7, 11) is -3.95. The van der Waals surface area contributed by atoms with Crippen molar-refractivity contribution in [2.45, 2.75) is 18.7 Å². The molecule has 9 heteroatoms. The highest BCUT2D eigenvalue weighted by molar-refractivity contribution is 7.89. The van der Waals surface area contributed by atoms with E-state index in [4.69, 9.17) is 4.84 Å². The molecule has 0 saturated carbocycles. The van der Waals surface area contributed by atoms with E-state index in [2.05, 4.69) is 4.72 Å². The van der Waals surface area contributed by atoms with Crippen molar-refractivity contribution in [2.24, 2.45) is 0 Å². The molecular formula is C18H16N2O6S. The number of benzene rings is 2. The van der Waals surface area contributed by atoms with Gasteiger partial charge in [-0.15, -0.1) is 0 Å². The monoisotopic (exact) mass is 388 g/mol. The summed E-state index contributed by atoms with van der Waals surface area (Å²) in [5.74, 6) is -2.64. The van der Waals surface area contributed by atoms with Crippen molar-refractivity contribution in [3.8, 4) is 0 Å². The summed E-state index contributed by atoms with van der Waals surface area (Å²) >= 11 is 0. The molecule has 0 radical (unpaired) electrons. The molecule has 0 saturated heterocycles. The first-order valence-corrected chi connectivity index (χ1v) is 9.44. The number of imide groups is 1. The quantitative estimate of drug-likeness (QED) is 0.774. The fourth-order valence-electron chi connectivity index (χ4n) is 2.50. The van der Waals surface area contributed by atoms with E-state index in [1.165, 1.54) is 24.3 Å². The van der Waals surface area contributed by atoms with Gasteiger partial charge in [0.2, 0.25) is 10.0 Å². The summed E-state index contributed by atoms with van der Waals surface area (Å²) in [5, 5.41) is 0.331. The molecule has 27 heavy (non-hydrogen) atoms. The molecule has 0 aliphatic carbocycles. The molecule has 0 bridgehead atoms. The Bertz CT molecular complexity index is 1030. The molecule has 0 fully saturated rings. The molecule has 0 atom stereocenters. The van der Waals surface area contributed by atoms with Crippen molar-refractivity contribution >= 4 is 27.8 Å². The van der Waals surface area contributed by atoms with Crippen LogP contribution in [0.3, 0.4) is 0 Å². The molecule has 1 heterocycles. The predicted molar refractivity (Wildman–Crippen MR) is 94.1 cm³/mol. The van der Waals surface area contributed by atoms with E-state index >= 15 is 0 Å². The summed E-state index contributed by atoms with van der Waals surface area (Å²) in [4.78, 5) is 41.0. The lowest BCUT2D eigenvalue weighted by molar-refractivity contribution is -0.166. The van der Waals surface area contributed by atoms with Crippen LogP contribution in [-0.2, 0) is 19.7 Å². The standard InChI is InChI=1S/C18H16N2O6S/c1-11-7-8-13(9-12(11)2)27(24,25)19-10-16(21)26-20-17(22)14-5-3-4-6-15(14)18(20)23/h3-9,19H,10H2,1-2H3. The van der Waals surface area contributed by atoms with Crippen LogP contribution in [0.2, 0.25) is 0 Å². The summed E-state index contributed by atoms with van der Waals surface area (Å²) in [6.07, 6.45) is 0. The third-order valence-electron chi connectivity index (χ3n) is 4.15. The first kappa shape index (κ1) is 18.7.